The SMILES string of the molecule is CCCC1CN(C(=O)c2cc(-c3ccc(O)cc3F)nc3c2C(C)=NC3)C(CCC)CN1. The fraction of sp³-hybridized carbons (Fsp3) is 0.480. The van der Waals surface area contributed by atoms with Crippen molar-refractivity contribution >= 4 is 11.6 Å². The molecule has 1 fully saturated rings. The average molecular weight is 439 g/mol. The van der Waals surface area contributed by atoms with Crippen LogP contribution in [0.1, 0.15) is 68.1 Å². The average Bonchev–Trinajstić information content (AvgIpc) is 3.15. The molecule has 1 amide bonds. The molecular weight excluding hydrogens is 407 g/mol. The van der Waals surface area contributed by atoms with Crippen molar-refractivity contribution in [3.63, 3.8) is 0 Å². The van der Waals surface area contributed by atoms with E-state index in [0.717, 1.165) is 49.6 Å². The Hall–Kier alpha value is -2.80. The van der Waals surface area contributed by atoms with E-state index in [4.69, 9.17) is 0 Å². The topological polar surface area (TPSA) is 77.8 Å². The summed E-state index contributed by atoms with van der Waals surface area (Å²) in [6.07, 6.45) is 3.99. The second-order valence-electron chi connectivity index (χ2n) is 8.74. The zero-order valence-electron chi connectivity index (χ0n) is 19.0. The molecule has 2 aromatic rings. The quantitative estimate of drug-likeness (QED) is 0.705. The zero-order valence-corrected chi connectivity index (χ0v) is 19.0. The molecule has 2 N–H and O–H groups in total. The molecule has 7 heteroatoms. The summed E-state index contributed by atoms with van der Waals surface area (Å²) >= 11 is 0. The normalized spacial score (nSPS) is 20.2. The Kier molecular flexibility index (Phi) is 6.55. The summed E-state index contributed by atoms with van der Waals surface area (Å²) in [5.41, 5.74) is 3.46. The van der Waals surface area contributed by atoms with Gasteiger partial charge in [-0.25, -0.2) is 9.37 Å². The van der Waals surface area contributed by atoms with Gasteiger partial charge in [0, 0.05) is 48.1 Å². The lowest BCUT2D eigenvalue weighted by Crippen LogP contribution is -2.58. The van der Waals surface area contributed by atoms with Crippen LogP contribution in [0.15, 0.2) is 29.3 Å². The summed E-state index contributed by atoms with van der Waals surface area (Å²) in [6.45, 7) is 8.00. The maximum absolute atomic E-state index is 14.6. The molecule has 0 saturated carbocycles. The summed E-state index contributed by atoms with van der Waals surface area (Å²) in [6, 6.07) is 6.09. The van der Waals surface area contributed by atoms with Gasteiger partial charge >= 0.3 is 0 Å². The lowest BCUT2D eigenvalue weighted by atomic mass is 9.96. The Morgan fingerprint density at radius 1 is 1.25 bits per heavy atom. The molecule has 0 bridgehead atoms. The Morgan fingerprint density at radius 3 is 2.75 bits per heavy atom. The smallest absolute Gasteiger partial charge is 0.255 e. The van der Waals surface area contributed by atoms with Gasteiger partial charge in [0.15, 0.2) is 0 Å². The molecule has 170 valence electrons. The molecule has 6 nitrogen and oxygen atoms in total. The van der Waals surface area contributed by atoms with Crippen LogP contribution in [0.3, 0.4) is 0 Å². The van der Waals surface area contributed by atoms with E-state index in [1.165, 1.54) is 12.1 Å². The van der Waals surface area contributed by atoms with Gasteiger partial charge in [-0.05, 0) is 38.0 Å². The number of phenols is 1. The van der Waals surface area contributed by atoms with Crippen molar-refractivity contribution in [1.29, 1.82) is 0 Å². The lowest BCUT2D eigenvalue weighted by molar-refractivity contribution is 0.0564. The molecule has 2 atom stereocenters. The third-order valence-electron chi connectivity index (χ3n) is 6.40. The van der Waals surface area contributed by atoms with Crippen LogP contribution in [-0.2, 0) is 6.54 Å². The van der Waals surface area contributed by atoms with Gasteiger partial charge in [0.25, 0.3) is 5.91 Å². The molecule has 32 heavy (non-hydrogen) atoms. The summed E-state index contributed by atoms with van der Waals surface area (Å²) in [7, 11) is 0. The number of hydrogen-bond acceptors (Lipinski definition) is 5. The van der Waals surface area contributed by atoms with Gasteiger partial charge in [0.2, 0.25) is 0 Å². The van der Waals surface area contributed by atoms with Crippen LogP contribution in [0, 0.1) is 5.82 Å². The highest BCUT2D eigenvalue weighted by atomic mass is 19.1. The minimum absolute atomic E-state index is 0.0402. The number of benzene rings is 1. The Balaban J connectivity index is 1.77. The Morgan fingerprint density at radius 2 is 2.03 bits per heavy atom. The number of aromatic hydroxyl groups is 1. The predicted octanol–water partition coefficient (Wildman–Crippen LogP) is 4.30. The van der Waals surface area contributed by atoms with Crippen LogP contribution < -0.4 is 5.32 Å². The van der Waals surface area contributed by atoms with Gasteiger partial charge in [0.1, 0.15) is 11.6 Å². The summed E-state index contributed by atoms with van der Waals surface area (Å²) in [5.74, 6) is -0.754. The van der Waals surface area contributed by atoms with Crippen LogP contribution in [0.2, 0.25) is 0 Å². The van der Waals surface area contributed by atoms with E-state index >= 15 is 0 Å². The number of carbonyl (C=O) groups excluding carboxylic acids is 1. The fourth-order valence-corrected chi connectivity index (χ4v) is 4.81. The minimum Gasteiger partial charge on any atom is -0.508 e. The number of rotatable bonds is 6. The molecule has 0 radical (unpaired) electrons. The van der Waals surface area contributed by atoms with E-state index in [1.807, 2.05) is 11.8 Å². The highest BCUT2D eigenvalue weighted by Gasteiger charge is 2.34. The molecule has 2 aliphatic rings. The van der Waals surface area contributed by atoms with Crippen LogP contribution in [0.4, 0.5) is 4.39 Å². The molecule has 1 aromatic heterocycles. The molecule has 2 aliphatic heterocycles. The number of halogens is 1. The van der Waals surface area contributed by atoms with Gasteiger partial charge in [0.05, 0.1) is 23.5 Å². The van der Waals surface area contributed by atoms with Crippen LogP contribution in [-0.4, -0.2) is 51.8 Å². The van der Waals surface area contributed by atoms with E-state index in [-0.39, 0.29) is 29.3 Å². The molecule has 0 aliphatic carbocycles. The van der Waals surface area contributed by atoms with Gasteiger partial charge in [-0.3, -0.25) is 9.79 Å². The predicted molar refractivity (Wildman–Crippen MR) is 124 cm³/mol. The molecule has 1 aromatic carbocycles. The van der Waals surface area contributed by atoms with Crippen molar-refractivity contribution in [2.45, 2.75) is 65.1 Å². The summed E-state index contributed by atoms with van der Waals surface area (Å²) in [4.78, 5) is 25.1. The molecular formula is C25H31FN4O2. The molecule has 2 unspecified atom stereocenters. The monoisotopic (exact) mass is 438 g/mol. The van der Waals surface area contributed by atoms with Crippen molar-refractivity contribution in [1.82, 2.24) is 15.2 Å². The number of hydrogen-bond donors (Lipinski definition) is 2. The van der Waals surface area contributed by atoms with Gasteiger partial charge < -0.3 is 15.3 Å². The van der Waals surface area contributed by atoms with E-state index in [0.29, 0.717) is 30.0 Å². The number of pyridine rings is 1. The standard InChI is InChI=1S/C25H31FN4O2/c1-4-6-16-14-30(17(7-5-2)12-28-16)25(32)20-11-22(19-9-8-18(31)10-21(19)26)29-23-13-27-15(3)24(20)23/h8-11,16-17,28,31H,4-7,12-14H2,1-3H3. The van der Waals surface area contributed by atoms with E-state index < -0.39 is 5.82 Å². The molecule has 0 spiro atoms. The highest BCUT2D eigenvalue weighted by molar-refractivity contribution is 6.11. The minimum atomic E-state index is -0.569. The van der Waals surface area contributed by atoms with E-state index in [9.17, 15) is 14.3 Å². The van der Waals surface area contributed by atoms with Gasteiger partial charge in [-0.2, -0.15) is 0 Å². The van der Waals surface area contributed by atoms with Crippen molar-refractivity contribution < 1.29 is 14.3 Å². The number of fused-ring (bicyclic) bond motifs is 1. The van der Waals surface area contributed by atoms with Crippen LogP contribution in [0.25, 0.3) is 11.3 Å². The number of amides is 1. The Labute approximate surface area is 188 Å². The van der Waals surface area contributed by atoms with Crippen molar-refractivity contribution in [2.75, 3.05) is 13.1 Å². The third-order valence-corrected chi connectivity index (χ3v) is 6.40. The largest absolute Gasteiger partial charge is 0.508 e. The number of phenolic OH excluding ortho intramolecular Hbond substituents is 1. The first-order valence-electron chi connectivity index (χ1n) is 11.5. The Bertz CT molecular complexity index is 1050. The maximum Gasteiger partial charge on any atom is 0.255 e. The maximum atomic E-state index is 14.6. The first-order chi connectivity index (χ1) is 15.4. The van der Waals surface area contributed by atoms with Gasteiger partial charge in [-0.1, -0.05) is 26.7 Å². The van der Waals surface area contributed by atoms with Crippen LogP contribution in [0.5, 0.6) is 5.75 Å². The van der Waals surface area contributed by atoms with E-state index in [2.05, 4.69) is 29.1 Å². The first-order valence-corrected chi connectivity index (χ1v) is 11.5. The number of nitrogens with zero attached hydrogens (tertiary/aromatic N) is 3. The first kappa shape index (κ1) is 22.4. The number of carbonyl (C=O) groups is 1. The summed E-state index contributed by atoms with van der Waals surface area (Å²) in [5, 5.41) is 13.2. The lowest BCUT2D eigenvalue weighted by Gasteiger charge is -2.41. The van der Waals surface area contributed by atoms with Crippen molar-refractivity contribution in [3.8, 4) is 17.0 Å². The van der Waals surface area contributed by atoms with Crippen molar-refractivity contribution in [3.05, 3.63) is 46.9 Å². The second-order valence-corrected chi connectivity index (χ2v) is 8.74. The number of aromatic nitrogens is 1. The van der Waals surface area contributed by atoms with Gasteiger partial charge in [-0.15, -0.1) is 0 Å². The molecule has 3 heterocycles. The van der Waals surface area contributed by atoms with E-state index in [1.54, 1.807) is 6.07 Å². The highest BCUT2D eigenvalue weighted by Crippen LogP contribution is 2.31. The zero-order chi connectivity index (χ0) is 22.8. The third kappa shape index (κ3) is 4.26. The second kappa shape index (κ2) is 9.36. The molecule has 4 rings (SSSR count). The number of aliphatic imine (C=N–C) groups is 1. The number of piperazine rings is 1. The summed E-state index contributed by atoms with van der Waals surface area (Å²) < 4.78 is 14.6. The number of nitrogens with one attached hydrogen (secondary N) is 1. The fourth-order valence-electron chi connectivity index (χ4n) is 4.81. The van der Waals surface area contributed by atoms with Crippen LogP contribution >= 0.6 is 0 Å². The van der Waals surface area contributed by atoms with Crippen molar-refractivity contribution in [2.24, 2.45) is 4.99 Å². The molecule has 1 saturated heterocycles.